The zero-order valence-electron chi connectivity index (χ0n) is 19.1. The van der Waals surface area contributed by atoms with Crippen LogP contribution in [0, 0.1) is 0 Å². The van der Waals surface area contributed by atoms with Gasteiger partial charge in [0, 0.05) is 5.56 Å². The standard InChI is InChI=1S/C26H46O2/c1-4-7-10-11-12-13-14-15-16-17-19-24-25(27-22-8-5-2)20-18-21-26(24)28-23-9-6-3/h18,20-21H,4-17,19,22-23H2,1-3H3. The van der Waals surface area contributed by atoms with E-state index in [0.717, 1.165) is 44.0 Å². The van der Waals surface area contributed by atoms with Gasteiger partial charge in [0.25, 0.3) is 0 Å². The molecule has 162 valence electrons. The Bertz CT molecular complexity index is 441. The van der Waals surface area contributed by atoms with Crippen LogP contribution in [0.15, 0.2) is 18.2 Å². The minimum absolute atomic E-state index is 0.806. The van der Waals surface area contributed by atoms with Gasteiger partial charge in [-0.3, -0.25) is 0 Å². The molecule has 1 aromatic rings. The minimum atomic E-state index is 0.806. The summed E-state index contributed by atoms with van der Waals surface area (Å²) in [5.74, 6) is 2.08. The van der Waals surface area contributed by atoms with Gasteiger partial charge in [-0.25, -0.2) is 0 Å². The summed E-state index contributed by atoms with van der Waals surface area (Å²) in [6.07, 6.45) is 19.3. The van der Waals surface area contributed by atoms with Crippen LogP contribution in [0.5, 0.6) is 11.5 Å². The first-order chi connectivity index (χ1) is 13.8. The maximum Gasteiger partial charge on any atom is 0.126 e. The predicted molar refractivity (Wildman–Crippen MR) is 123 cm³/mol. The molecule has 0 unspecified atom stereocenters. The Labute approximate surface area is 175 Å². The largest absolute Gasteiger partial charge is 0.493 e. The molecule has 0 spiro atoms. The summed E-state index contributed by atoms with van der Waals surface area (Å²) >= 11 is 0. The number of hydrogen-bond donors (Lipinski definition) is 0. The van der Waals surface area contributed by atoms with Gasteiger partial charge < -0.3 is 9.47 Å². The highest BCUT2D eigenvalue weighted by Crippen LogP contribution is 2.31. The van der Waals surface area contributed by atoms with Crippen LogP contribution < -0.4 is 9.47 Å². The molecule has 1 rings (SSSR count). The second kappa shape index (κ2) is 17.9. The lowest BCUT2D eigenvalue weighted by atomic mass is 10.0. The highest BCUT2D eigenvalue weighted by Gasteiger charge is 2.11. The summed E-state index contributed by atoms with van der Waals surface area (Å²) in [4.78, 5) is 0. The van der Waals surface area contributed by atoms with Crippen LogP contribution in [-0.4, -0.2) is 13.2 Å². The lowest BCUT2D eigenvalue weighted by Crippen LogP contribution is -2.04. The molecule has 0 aliphatic rings. The lowest BCUT2D eigenvalue weighted by molar-refractivity contribution is 0.288. The average Bonchev–Trinajstić information content (AvgIpc) is 2.71. The summed E-state index contributed by atoms with van der Waals surface area (Å²) in [5, 5.41) is 0. The third-order valence-electron chi connectivity index (χ3n) is 5.38. The Morgan fingerprint density at radius 3 is 1.43 bits per heavy atom. The van der Waals surface area contributed by atoms with E-state index in [1.54, 1.807) is 0 Å². The van der Waals surface area contributed by atoms with Crippen molar-refractivity contribution in [3.8, 4) is 11.5 Å². The van der Waals surface area contributed by atoms with Crippen molar-refractivity contribution in [2.24, 2.45) is 0 Å². The average molecular weight is 391 g/mol. The van der Waals surface area contributed by atoms with E-state index in [2.05, 4.69) is 39.0 Å². The molecular weight excluding hydrogens is 344 g/mol. The molecule has 0 aliphatic heterocycles. The second-order valence-electron chi connectivity index (χ2n) is 8.07. The van der Waals surface area contributed by atoms with Crippen molar-refractivity contribution in [2.45, 2.75) is 117 Å². The van der Waals surface area contributed by atoms with Crippen molar-refractivity contribution in [1.82, 2.24) is 0 Å². The maximum absolute atomic E-state index is 6.09. The number of benzene rings is 1. The number of ether oxygens (including phenoxy) is 2. The van der Waals surface area contributed by atoms with Gasteiger partial charge in [0.2, 0.25) is 0 Å². The molecule has 0 fully saturated rings. The highest BCUT2D eigenvalue weighted by atomic mass is 16.5. The van der Waals surface area contributed by atoms with Crippen LogP contribution in [0.1, 0.15) is 116 Å². The first-order valence-corrected chi connectivity index (χ1v) is 12.2. The van der Waals surface area contributed by atoms with Crippen molar-refractivity contribution >= 4 is 0 Å². The Balaban J connectivity index is 2.40. The molecular formula is C26H46O2. The van der Waals surface area contributed by atoms with Crippen molar-refractivity contribution in [3.05, 3.63) is 23.8 Å². The fourth-order valence-corrected chi connectivity index (χ4v) is 3.50. The van der Waals surface area contributed by atoms with Crippen LogP contribution >= 0.6 is 0 Å². The zero-order valence-corrected chi connectivity index (χ0v) is 19.1. The van der Waals surface area contributed by atoms with Crippen LogP contribution in [-0.2, 0) is 6.42 Å². The lowest BCUT2D eigenvalue weighted by Gasteiger charge is -2.16. The van der Waals surface area contributed by atoms with Gasteiger partial charge in [0.15, 0.2) is 0 Å². The van der Waals surface area contributed by atoms with E-state index < -0.39 is 0 Å². The van der Waals surface area contributed by atoms with Gasteiger partial charge in [0.05, 0.1) is 13.2 Å². The normalized spacial score (nSPS) is 11.0. The first kappa shape index (κ1) is 24.9. The van der Waals surface area contributed by atoms with E-state index in [1.165, 1.54) is 82.6 Å². The Morgan fingerprint density at radius 1 is 0.536 bits per heavy atom. The number of unbranched alkanes of at least 4 members (excludes halogenated alkanes) is 11. The number of hydrogen-bond acceptors (Lipinski definition) is 2. The smallest absolute Gasteiger partial charge is 0.126 e. The Kier molecular flexibility index (Phi) is 15.9. The molecule has 0 aromatic heterocycles. The predicted octanol–water partition coefficient (Wildman–Crippen LogP) is 8.51. The highest BCUT2D eigenvalue weighted by molar-refractivity contribution is 5.45. The van der Waals surface area contributed by atoms with Crippen LogP contribution in [0.2, 0.25) is 0 Å². The molecule has 0 heterocycles. The summed E-state index contributed by atoms with van der Waals surface area (Å²) in [6.45, 7) is 8.31. The monoisotopic (exact) mass is 390 g/mol. The van der Waals surface area contributed by atoms with Crippen LogP contribution in [0.3, 0.4) is 0 Å². The van der Waals surface area contributed by atoms with Crippen molar-refractivity contribution < 1.29 is 9.47 Å². The maximum atomic E-state index is 6.09. The molecule has 0 radical (unpaired) electrons. The van der Waals surface area contributed by atoms with Crippen molar-refractivity contribution in [3.63, 3.8) is 0 Å². The molecule has 0 aliphatic carbocycles. The summed E-state index contributed by atoms with van der Waals surface area (Å²) in [6, 6.07) is 6.31. The third kappa shape index (κ3) is 11.6. The molecule has 0 atom stereocenters. The van der Waals surface area contributed by atoms with Gasteiger partial charge in [0.1, 0.15) is 11.5 Å². The van der Waals surface area contributed by atoms with E-state index in [1.807, 2.05) is 0 Å². The number of rotatable bonds is 19. The van der Waals surface area contributed by atoms with Crippen molar-refractivity contribution in [2.75, 3.05) is 13.2 Å². The molecule has 0 bridgehead atoms. The van der Waals surface area contributed by atoms with Crippen molar-refractivity contribution in [1.29, 1.82) is 0 Å². The van der Waals surface area contributed by atoms with Gasteiger partial charge in [-0.05, 0) is 37.8 Å². The Morgan fingerprint density at radius 2 is 0.964 bits per heavy atom. The minimum Gasteiger partial charge on any atom is -0.493 e. The summed E-state index contributed by atoms with van der Waals surface area (Å²) in [5.41, 5.74) is 1.29. The van der Waals surface area contributed by atoms with E-state index in [4.69, 9.17) is 9.47 Å². The first-order valence-electron chi connectivity index (χ1n) is 12.2. The van der Waals surface area contributed by atoms with Crippen LogP contribution in [0.25, 0.3) is 0 Å². The molecule has 2 heteroatoms. The fraction of sp³-hybridized carbons (Fsp3) is 0.769. The quantitative estimate of drug-likeness (QED) is 0.220. The van der Waals surface area contributed by atoms with E-state index >= 15 is 0 Å². The Hall–Kier alpha value is -1.18. The van der Waals surface area contributed by atoms with Gasteiger partial charge in [-0.15, -0.1) is 0 Å². The van der Waals surface area contributed by atoms with E-state index in [-0.39, 0.29) is 0 Å². The molecule has 0 amide bonds. The SMILES string of the molecule is CCCCCCCCCCCCc1c(OCCCC)cccc1OCCCC. The molecule has 0 N–H and O–H groups in total. The van der Waals surface area contributed by atoms with Gasteiger partial charge in [-0.1, -0.05) is 97.5 Å². The second-order valence-corrected chi connectivity index (χ2v) is 8.07. The molecule has 0 saturated carbocycles. The summed E-state index contributed by atoms with van der Waals surface area (Å²) in [7, 11) is 0. The molecule has 2 nitrogen and oxygen atoms in total. The van der Waals surface area contributed by atoms with E-state index in [9.17, 15) is 0 Å². The molecule has 1 aromatic carbocycles. The summed E-state index contributed by atoms with van der Waals surface area (Å²) < 4.78 is 12.2. The third-order valence-corrected chi connectivity index (χ3v) is 5.38. The van der Waals surface area contributed by atoms with E-state index in [0.29, 0.717) is 0 Å². The van der Waals surface area contributed by atoms with Gasteiger partial charge >= 0.3 is 0 Å². The zero-order chi connectivity index (χ0) is 20.3. The fourth-order valence-electron chi connectivity index (χ4n) is 3.50. The topological polar surface area (TPSA) is 18.5 Å². The van der Waals surface area contributed by atoms with Gasteiger partial charge in [-0.2, -0.15) is 0 Å². The molecule has 0 saturated heterocycles. The molecule has 28 heavy (non-hydrogen) atoms. The van der Waals surface area contributed by atoms with Crippen LogP contribution in [0.4, 0.5) is 0 Å².